The second-order valence-electron chi connectivity index (χ2n) is 6.86. The summed E-state index contributed by atoms with van der Waals surface area (Å²) in [6.45, 7) is 1.57. The smallest absolute Gasteiger partial charge is 0.414 e. The molecule has 0 radical (unpaired) electrons. The molecule has 0 saturated heterocycles. The molecule has 0 bridgehead atoms. The van der Waals surface area contributed by atoms with Gasteiger partial charge >= 0.3 is 24.1 Å². The number of hydrogen-bond donors (Lipinski definition) is 6. The van der Waals surface area contributed by atoms with Crippen molar-refractivity contribution in [2.24, 2.45) is 10.7 Å². The van der Waals surface area contributed by atoms with Crippen LogP contribution in [0.5, 0.6) is 0 Å². The molecule has 0 aromatic carbocycles. The summed E-state index contributed by atoms with van der Waals surface area (Å²) in [5.41, 5.74) is 5.74. The Balaban J connectivity index is 3.23. The molecule has 0 aliphatic carbocycles. The van der Waals surface area contributed by atoms with E-state index >= 15 is 0 Å². The molecule has 35 heavy (non-hydrogen) atoms. The van der Waals surface area contributed by atoms with Crippen LogP contribution in [-0.4, -0.2) is 109 Å². The zero-order valence-electron chi connectivity index (χ0n) is 19.3. The second-order valence-corrected chi connectivity index (χ2v) is 6.86. The largest absolute Gasteiger partial charge is 0.478 e. The molecular formula is C19H30N4O12. The standard InChI is InChI=1S/C19H30N4O12/c1-4-32-14(11(26)8-24)15-13(22-18(29)31-3)10(7-12(35-15)16(27)28)21-17(20)23-19(30)34-6-5-33-9(2)25/h7,10-11,13-15,24,26H,4-6,8H2,1-3H3,(H,22,29)(H,27,28)(H3,20,21,23,30)/t10-,11-,13-,14?,15+/m1/s1. The topological polar surface area (TPSA) is 238 Å². The van der Waals surface area contributed by atoms with Crippen LogP contribution in [0.4, 0.5) is 9.59 Å². The number of carboxylic acids is 1. The van der Waals surface area contributed by atoms with Crippen molar-refractivity contribution in [2.45, 2.75) is 44.2 Å². The summed E-state index contributed by atoms with van der Waals surface area (Å²) < 4.78 is 24.9. The number of nitrogens with two attached hydrogens (primary N) is 1. The third-order valence-electron chi connectivity index (χ3n) is 4.38. The van der Waals surface area contributed by atoms with Crippen LogP contribution in [0.1, 0.15) is 13.8 Å². The lowest BCUT2D eigenvalue weighted by molar-refractivity contribution is -0.151. The van der Waals surface area contributed by atoms with E-state index in [1.807, 2.05) is 0 Å². The molecule has 0 aromatic rings. The number of guanidine groups is 1. The fourth-order valence-corrected chi connectivity index (χ4v) is 2.96. The number of nitrogens with one attached hydrogen (secondary N) is 2. The number of carbonyl (C=O) groups excluding carboxylic acids is 3. The number of hydrogen-bond acceptors (Lipinski definition) is 12. The molecule has 16 heteroatoms. The van der Waals surface area contributed by atoms with E-state index in [1.54, 1.807) is 6.92 Å². The van der Waals surface area contributed by atoms with Gasteiger partial charge in [-0.25, -0.2) is 19.4 Å². The summed E-state index contributed by atoms with van der Waals surface area (Å²) in [5, 5.41) is 33.6. The average molecular weight is 506 g/mol. The van der Waals surface area contributed by atoms with Gasteiger partial charge < -0.3 is 50.1 Å². The number of nitrogens with zero attached hydrogens (tertiary/aromatic N) is 1. The molecular weight excluding hydrogens is 476 g/mol. The molecule has 198 valence electrons. The first-order valence-electron chi connectivity index (χ1n) is 10.3. The third-order valence-corrected chi connectivity index (χ3v) is 4.38. The summed E-state index contributed by atoms with van der Waals surface area (Å²) in [5.74, 6) is -3.21. The van der Waals surface area contributed by atoms with Gasteiger partial charge in [-0.2, -0.15) is 0 Å². The Bertz CT molecular complexity index is 818. The number of aliphatic imine (C=N–C) groups is 1. The van der Waals surface area contributed by atoms with Crippen molar-refractivity contribution < 1.29 is 58.2 Å². The van der Waals surface area contributed by atoms with Crippen LogP contribution < -0.4 is 16.4 Å². The quantitative estimate of drug-likeness (QED) is 0.0574. The van der Waals surface area contributed by atoms with Crippen molar-refractivity contribution >= 4 is 30.1 Å². The molecule has 1 heterocycles. The number of carboxylic acid groups (broad SMARTS) is 1. The van der Waals surface area contributed by atoms with Crippen LogP contribution in [0.25, 0.3) is 0 Å². The third kappa shape index (κ3) is 9.63. The van der Waals surface area contributed by atoms with E-state index in [1.165, 1.54) is 6.92 Å². The Kier molecular flexibility index (Phi) is 12.3. The van der Waals surface area contributed by atoms with Gasteiger partial charge in [-0.1, -0.05) is 0 Å². The summed E-state index contributed by atoms with van der Waals surface area (Å²) in [6, 6.07) is -2.50. The van der Waals surface area contributed by atoms with Gasteiger partial charge in [0.1, 0.15) is 25.4 Å². The predicted molar refractivity (Wildman–Crippen MR) is 115 cm³/mol. The minimum atomic E-state index is -1.53. The first-order chi connectivity index (χ1) is 16.5. The second kappa shape index (κ2) is 14.6. The van der Waals surface area contributed by atoms with Crippen LogP contribution in [0.15, 0.2) is 16.8 Å². The molecule has 1 aliphatic heterocycles. The van der Waals surface area contributed by atoms with Gasteiger partial charge in [-0.05, 0) is 13.0 Å². The molecule has 1 aliphatic rings. The van der Waals surface area contributed by atoms with Crippen molar-refractivity contribution in [3.8, 4) is 0 Å². The Morgan fingerprint density at radius 1 is 1.23 bits per heavy atom. The zero-order valence-corrected chi connectivity index (χ0v) is 19.3. The molecule has 1 unspecified atom stereocenters. The highest BCUT2D eigenvalue weighted by molar-refractivity contribution is 5.93. The number of methoxy groups -OCH3 is 1. The Morgan fingerprint density at radius 2 is 1.89 bits per heavy atom. The molecule has 1 rings (SSSR count). The Hall–Kier alpha value is -3.63. The normalized spacial score (nSPS) is 21.5. The van der Waals surface area contributed by atoms with Crippen LogP contribution in [-0.2, 0) is 33.3 Å². The lowest BCUT2D eigenvalue weighted by atomic mass is 9.92. The number of aliphatic carboxylic acids is 1. The van der Waals surface area contributed by atoms with E-state index < -0.39 is 72.8 Å². The van der Waals surface area contributed by atoms with E-state index in [-0.39, 0.29) is 19.8 Å². The lowest BCUT2D eigenvalue weighted by Gasteiger charge is -2.40. The fourth-order valence-electron chi connectivity index (χ4n) is 2.96. The maximum absolute atomic E-state index is 12.0. The van der Waals surface area contributed by atoms with Crippen LogP contribution in [0.2, 0.25) is 0 Å². The maximum atomic E-state index is 12.0. The number of aliphatic hydroxyl groups excluding tert-OH is 2. The summed E-state index contributed by atoms with van der Waals surface area (Å²) >= 11 is 0. The number of rotatable bonds is 11. The van der Waals surface area contributed by atoms with Gasteiger partial charge in [0.25, 0.3) is 0 Å². The van der Waals surface area contributed by atoms with Gasteiger partial charge in [-0.15, -0.1) is 0 Å². The van der Waals surface area contributed by atoms with E-state index in [9.17, 15) is 34.5 Å². The molecule has 7 N–H and O–H groups in total. The maximum Gasteiger partial charge on any atom is 0.414 e. The number of esters is 1. The van der Waals surface area contributed by atoms with Gasteiger partial charge in [0.05, 0.1) is 25.8 Å². The summed E-state index contributed by atoms with van der Waals surface area (Å²) in [4.78, 5) is 50.2. The Morgan fingerprint density at radius 3 is 2.43 bits per heavy atom. The molecule has 0 spiro atoms. The van der Waals surface area contributed by atoms with Crippen LogP contribution >= 0.6 is 0 Å². The zero-order chi connectivity index (χ0) is 26.5. The number of ether oxygens (including phenoxy) is 5. The highest BCUT2D eigenvalue weighted by Gasteiger charge is 2.45. The molecule has 16 nitrogen and oxygen atoms in total. The first-order valence-corrected chi connectivity index (χ1v) is 10.3. The van der Waals surface area contributed by atoms with E-state index in [2.05, 4.69) is 25.1 Å². The highest BCUT2D eigenvalue weighted by atomic mass is 16.6. The first kappa shape index (κ1) is 29.4. The SMILES string of the molecule is CCOC([C@H](O)CO)[C@H]1OC(C(=O)O)=C[C@@H](N=C(N)NC(=O)OCCOC(C)=O)[C@H]1NC(=O)OC. The number of carbonyl (C=O) groups is 4. The van der Waals surface area contributed by atoms with Crippen molar-refractivity contribution in [3.63, 3.8) is 0 Å². The van der Waals surface area contributed by atoms with Gasteiger partial charge in [0.15, 0.2) is 12.1 Å². The van der Waals surface area contributed by atoms with Crippen LogP contribution in [0.3, 0.4) is 0 Å². The van der Waals surface area contributed by atoms with Crippen LogP contribution in [0, 0.1) is 0 Å². The van der Waals surface area contributed by atoms with Gasteiger partial charge in [-0.3, -0.25) is 10.1 Å². The van der Waals surface area contributed by atoms with Crippen molar-refractivity contribution in [1.29, 1.82) is 0 Å². The number of amides is 2. The summed E-state index contributed by atoms with van der Waals surface area (Å²) in [7, 11) is 1.08. The van der Waals surface area contributed by atoms with Crippen molar-refractivity contribution in [1.82, 2.24) is 10.6 Å². The Labute approximate surface area is 200 Å². The monoisotopic (exact) mass is 506 g/mol. The predicted octanol–water partition coefficient (Wildman–Crippen LogP) is -2.19. The molecule has 0 fully saturated rings. The van der Waals surface area contributed by atoms with E-state index in [4.69, 9.17) is 19.9 Å². The molecule has 5 atom stereocenters. The van der Waals surface area contributed by atoms with E-state index in [0.29, 0.717) is 0 Å². The number of aliphatic hydroxyl groups is 2. The molecule has 0 aromatic heterocycles. The van der Waals surface area contributed by atoms with Crippen molar-refractivity contribution in [3.05, 3.63) is 11.8 Å². The average Bonchev–Trinajstić information content (AvgIpc) is 2.80. The lowest BCUT2D eigenvalue weighted by Crippen LogP contribution is -2.60. The number of alkyl carbamates (subject to hydrolysis) is 2. The molecule has 0 saturated carbocycles. The van der Waals surface area contributed by atoms with Crippen molar-refractivity contribution in [2.75, 3.05) is 33.5 Å². The van der Waals surface area contributed by atoms with E-state index in [0.717, 1.165) is 13.2 Å². The summed E-state index contributed by atoms with van der Waals surface area (Å²) in [6.07, 6.45) is -5.22. The molecule has 2 amide bonds. The minimum Gasteiger partial charge on any atom is -0.478 e. The minimum absolute atomic E-state index is 0.0372. The van der Waals surface area contributed by atoms with Gasteiger partial charge in [0.2, 0.25) is 5.76 Å². The fraction of sp³-hybridized carbons (Fsp3) is 0.632. The highest BCUT2D eigenvalue weighted by Crippen LogP contribution is 2.26. The van der Waals surface area contributed by atoms with Gasteiger partial charge in [0, 0.05) is 13.5 Å².